The predicted molar refractivity (Wildman–Crippen MR) is 119 cm³/mol. The first kappa shape index (κ1) is 20.7. The third kappa shape index (κ3) is 4.01. The Hall–Kier alpha value is -2.60. The number of hydrogen-bond donors (Lipinski definition) is 0. The summed E-state index contributed by atoms with van der Waals surface area (Å²) in [6.45, 7) is 4.95. The van der Waals surface area contributed by atoms with E-state index in [0.717, 1.165) is 37.0 Å². The molecule has 0 radical (unpaired) electrons. The van der Waals surface area contributed by atoms with Crippen LogP contribution in [0.3, 0.4) is 0 Å². The molecule has 1 aromatic heterocycles. The summed E-state index contributed by atoms with van der Waals surface area (Å²) in [5, 5.41) is 2.10. The molecule has 0 bridgehead atoms. The molecule has 30 heavy (non-hydrogen) atoms. The van der Waals surface area contributed by atoms with Gasteiger partial charge in [0.05, 0.1) is 13.2 Å². The molecular formula is C24H28N2O3S. The van der Waals surface area contributed by atoms with Gasteiger partial charge in [-0.2, -0.15) is 0 Å². The van der Waals surface area contributed by atoms with E-state index >= 15 is 0 Å². The lowest BCUT2D eigenvalue weighted by Gasteiger charge is -2.38. The molecule has 2 heterocycles. The first-order valence-electron chi connectivity index (χ1n) is 10.5. The van der Waals surface area contributed by atoms with Gasteiger partial charge in [-0.3, -0.25) is 9.59 Å². The van der Waals surface area contributed by atoms with E-state index in [4.69, 9.17) is 4.74 Å². The molecular weight excluding hydrogens is 396 g/mol. The molecule has 1 atom stereocenters. The molecule has 1 saturated carbocycles. The number of rotatable bonds is 7. The number of nitrogens with zero attached hydrogens (tertiary/aromatic N) is 2. The maximum Gasteiger partial charge on any atom is 0.243 e. The number of carbonyl (C=O) groups excluding carboxylic acids is 2. The fourth-order valence-electron chi connectivity index (χ4n) is 4.29. The smallest absolute Gasteiger partial charge is 0.243 e. The summed E-state index contributed by atoms with van der Waals surface area (Å²) in [4.78, 5) is 31.2. The van der Waals surface area contributed by atoms with E-state index in [2.05, 4.69) is 18.0 Å². The maximum absolute atomic E-state index is 13.4. The van der Waals surface area contributed by atoms with E-state index < -0.39 is 0 Å². The molecule has 0 N–H and O–H groups in total. The molecule has 1 fully saturated rings. The molecule has 2 aromatic rings. The van der Waals surface area contributed by atoms with Gasteiger partial charge in [0.25, 0.3) is 0 Å². The van der Waals surface area contributed by atoms with Crippen molar-refractivity contribution in [1.29, 1.82) is 0 Å². The molecule has 6 heteroatoms. The number of amides is 2. The second-order valence-electron chi connectivity index (χ2n) is 7.95. The van der Waals surface area contributed by atoms with Crippen LogP contribution in [0.1, 0.15) is 41.3 Å². The molecule has 158 valence electrons. The zero-order valence-electron chi connectivity index (χ0n) is 17.4. The number of hydrogen-bond acceptors (Lipinski definition) is 4. The van der Waals surface area contributed by atoms with E-state index in [1.165, 1.54) is 10.4 Å². The van der Waals surface area contributed by atoms with Crippen molar-refractivity contribution in [1.82, 2.24) is 9.80 Å². The van der Waals surface area contributed by atoms with E-state index in [1.807, 2.05) is 29.2 Å². The Morgan fingerprint density at radius 3 is 2.67 bits per heavy atom. The van der Waals surface area contributed by atoms with Crippen LogP contribution >= 0.6 is 11.3 Å². The summed E-state index contributed by atoms with van der Waals surface area (Å²) in [5.41, 5.74) is 2.24. The summed E-state index contributed by atoms with van der Waals surface area (Å²) in [7, 11) is 1.65. The lowest BCUT2D eigenvalue weighted by atomic mass is 9.84. The monoisotopic (exact) mass is 424 g/mol. The van der Waals surface area contributed by atoms with Crippen LogP contribution in [-0.2, 0) is 16.0 Å². The Bertz CT molecular complexity index is 917. The first-order chi connectivity index (χ1) is 14.6. The topological polar surface area (TPSA) is 49.9 Å². The molecule has 1 aliphatic heterocycles. The van der Waals surface area contributed by atoms with Crippen molar-refractivity contribution in [2.24, 2.45) is 5.92 Å². The van der Waals surface area contributed by atoms with Crippen molar-refractivity contribution in [2.75, 3.05) is 26.7 Å². The minimum Gasteiger partial charge on any atom is -0.497 e. The highest BCUT2D eigenvalue weighted by molar-refractivity contribution is 7.10. The van der Waals surface area contributed by atoms with E-state index in [0.29, 0.717) is 13.1 Å². The Labute approximate surface area is 181 Å². The lowest BCUT2D eigenvalue weighted by Crippen LogP contribution is -2.48. The third-order valence-electron chi connectivity index (χ3n) is 6.16. The van der Waals surface area contributed by atoms with Crippen LogP contribution in [0.25, 0.3) is 0 Å². The number of thiophene rings is 1. The second kappa shape index (κ2) is 9.04. The van der Waals surface area contributed by atoms with Gasteiger partial charge in [0.15, 0.2) is 0 Å². The van der Waals surface area contributed by atoms with Crippen molar-refractivity contribution in [2.45, 2.75) is 31.7 Å². The number of carbonyl (C=O) groups is 2. The van der Waals surface area contributed by atoms with Gasteiger partial charge in [0.1, 0.15) is 12.3 Å². The summed E-state index contributed by atoms with van der Waals surface area (Å²) >= 11 is 1.75. The Morgan fingerprint density at radius 2 is 2.03 bits per heavy atom. The lowest BCUT2D eigenvalue weighted by molar-refractivity contribution is -0.145. The highest BCUT2D eigenvalue weighted by Crippen LogP contribution is 2.38. The van der Waals surface area contributed by atoms with Gasteiger partial charge < -0.3 is 14.5 Å². The average molecular weight is 425 g/mol. The Morgan fingerprint density at radius 1 is 1.27 bits per heavy atom. The van der Waals surface area contributed by atoms with Crippen LogP contribution in [0, 0.1) is 5.92 Å². The standard InChI is InChI=1S/C24H28N2O3S/c1-3-13-25(24(28)18-5-4-6-18)16-22(27)26-14-11-21-20(12-15-30-21)23(26)17-7-9-19(29-2)10-8-17/h3,7-10,12,15,18,23H,1,4-6,11,13-14,16H2,2H3. The van der Waals surface area contributed by atoms with Crippen molar-refractivity contribution < 1.29 is 14.3 Å². The predicted octanol–water partition coefficient (Wildman–Crippen LogP) is 4.05. The molecule has 0 spiro atoms. The molecule has 1 aromatic carbocycles. The summed E-state index contributed by atoms with van der Waals surface area (Å²) in [5.74, 6) is 0.937. The molecule has 2 amide bonds. The minimum atomic E-state index is -0.136. The van der Waals surface area contributed by atoms with Gasteiger partial charge in [-0.15, -0.1) is 17.9 Å². The second-order valence-corrected chi connectivity index (χ2v) is 8.95. The van der Waals surface area contributed by atoms with Crippen LogP contribution in [0.4, 0.5) is 0 Å². The van der Waals surface area contributed by atoms with Crippen LogP contribution in [0.5, 0.6) is 5.75 Å². The molecule has 2 aliphatic rings. The number of benzene rings is 1. The molecule has 5 nitrogen and oxygen atoms in total. The summed E-state index contributed by atoms with van der Waals surface area (Å²) in [6, 6.07) is 9.90. The van der Waals surface area contributed by atoms with Crippen LogP contribution in [0.15, 0.2) is 48.4 Å². The zero-order valence-corrected chi connectivity index (χ0v) is 18.2. The van der Waals surface area contributed by atoms with Gasteiger partial charge in [-0.25, -0.2) is 0 Å². The van der Waals surface area contributed by atoms with Gasteiger partial charge in [0, 0.05) is 23.9 Å². The van der Waals surface area contributed by atoms with Gasteiger partial charge in [-0.05, 0) is 54.0 Å². The van der Waals surface area contributed by atoms with E-state index in [-0.39, 0.29) is 30.3 Å². The molecule has 1 unspecified atom stereocenters. The van der Waals surface area contributed by atoms with E-state index in [9.17, 15) is 9.59 Å². The fourth-order valence-corrected chi connectivity index (χ4v) is 5.19. The molecule has 4 rings (SSSR count). The van der Waals surface area contributed by atoms with Gasteiger partial charge in [-0.1, -0.05) is 24.6 Å². The first-order valence-corrected chi connectivity index (χ1v) is 11.4. The molecule has 1 aliphatic carbocycles. The Balaban J connectivity index is 1.59. The largest absolute Gasteiger partial charge is 0.497 e. The highest BCUT2D eigenvalue weighted by atomic mass is 32.1. The fraction of sp³-hybridized carbons (Fsp3) is 0.417. The SMILES string of the molecule is C=CCN(CC(=O)N1CCc2sccc2C1c1ccc(OC)cc1)C(=O)C1CCC1. The summed E-state index contributed by atoms with van der Waals surface area (Å²) in [6.07, 6.45) is 5.51. The van der Waals surface area contributed by atoms with Crippen LogP contribution < -0.4 is 4.74 Å². The van der Waals surface area contributed by atoms with Crippen molar-refractivity contribution in [3.63, 3.8) is 0 Å². The Kier molecular flexibility index (Phi) is 6.23. The molecule has 0 saturated heterocycles. The average Bonchev–Trinajstić information content (AvgIpc) is 3.20. The van der Waals surface area contributed by atoms with Crippen molar-refractivity contribution in [3.8, 4) is 5.75 Å². The normalized spacial score (nSPS) is 18.3. The van der Waals surface area contributed by atoms with Gasteiger partial charge in [0.2, 0.25) is 11.8 Å². The van der Waals surface area contributed by atoms with Crippen molar-refractivity contribution in [3.05, 3.63) is 64.4 Å². The number of ether oxygens (including phenoxy) is 1. The third-order valence-corrected chi connectivity index (χ3v) is 7.16. The summed E-state index contributed by atoms with van der Waals surface area (Å²) < 4.78 is 5.30. The highest BCUT2D eigenvalue weighted by Gasteiger charge is 2.35. The van der Waals surface area contributed by atoms with Crippen LogP contribution in [0.2, 0.25) is 0 Å². The van der Waals surface area contributed by atoms with E-state index in [1.54, 1.807) is 29.4 Å². The maximum atomic E-state index is 13.4. The quantitative estimate of drug-likeness (QED) is 0.630. The van der Waals surface area contributed by atoms with Gasteiger partial charge >= 0.3 is 0 Å². The van der Waals surface area contributed by atoms with Crippen LogP contribution in [-0.4, -0.2) is 48.4 Å². The number of fused-ring (bicyclic) bond motifs is 1. The number of methoxy groups -OCH3 is 1. The van der Waals surface area contributed by atoms with Crippen molar-refractivity contribution >= 4 is 23.2 Å². The zero-order chi connectivity index (χ0) is 21.1. The minimum absolute atomic E-state index is 0.0119.